The van der Waals surface area contributed by atoms with Crippen molar-refractivity contribution in [1.29, 1.82) is 0 Å². The first-order valence-corrected chi connectivity index (χ1v) is 10.4. The van der Waals surface area contributed by atoms with Crippen LogP contribution in [-0.4, -0.2) is 33.7 Å². The van der Waals surface area contributed by atoms with Gasteiger partial charge in [0.15, 0.2) is 0 Å². The van der Waals surface area contributed by atoms with Gasteiger partial charge in [0.25, 0.3) is 23.2 Å². The Morgan fingerprint density at radius 3 is 1.38 bits per heavy atom. The molecule has 2 aromatic carbocycles. The summed E-state index contributed by atoms with van der Waals surface area (Å²) < 4.78 is 0. The summed E-state index contributed by atoms with van der Waals surface area (Å²) in [6.45, 7) is 0. The summed E-state index contributed by atoms with van der Waals surface area (Å²) in [7, 11) is 0. The van der Waals surface area contributed by atoms with Crippen molar-refractivity contribution in [3.8, 4) is 0 Å². The average Bonchev–Trinajstić information content (AvgIpc) is 2.74. The Labute approximate surface area is 192 Å². The van der Waals surface area contributed by atoms with Gasteiger partial charge >= 0.3 is 0 Å². The van der Waals surface area contributed by atoms with E-state index >= 15 is 0 Å². The van der Waals surface area contributed by atoms with Crippen LogP contribution in [0, 0.1) is 20.2 Å². The number of hydrogen-bond donors (Lipinski definition) is 2. The van der Waals surface area contributed by atoms with Crippen molar-refractivity contribution >= 4 is 46.4 Å². The number of nitro benzene ring substituents is 2. The summed E-state index contributed by atoms with van der Waals surface area (Å²) in [6.07, 6.45) is 2.49. The molecule has 1 aliphatic rings. The second kappa shape index (κ2) is 9.92. The highest BCUT2D eigenvalue weighted by Gasteiger charge is 2.25. The van der Waals surface area contributed by atoms with Crippen LogP contribution in [0.1, 0.15) is 46.4 Å². The minimum atomic E-state index is -0.621. The second-order valence-electron chi connectivity index (χ2n) is 7.34. The van der Waals surface area contributed by atoms with E-state index in [1.54, 1.807) is 0 Å². The first kappa shape index (κ1) is 23.4. The molecule has 0 unspecified atom stereocenters. The van der Waals surface area contributed by atoms with Crippen LogP contribution in [0.15, 0.2) is 36.4 Å². The van der Waals surface area contributed by atoms with Crippen molar-refractivity contribution in [3.05, 3.63) is 77.8 Å². The number of carbonyl (C=O) groups is 2. The fourth-order valence-corrected chi connectivity index (χ4v) is 4.01. The molecule has 0 radical (unpaired) electrons. The van der Waals surface area contributed by atoms with E-state index in [0.717, 1.165) is 0 Å². The van der Waals surface area contributed by atoms with Crippen LogP contribution < -0.4 is 10.6 Å². The highest BCUT2D eigenvalue weighted by Crippen LogP contribution is 2.27. The molecule has 1 fully saturated rings. The minimum Gasteiger partial charge on any atom is -0.349 e. The number of hydrogen-bond acceptors (Lipinski definition) is 6. The molecule has 0 aliphatic heterocycles. The van der Waals surface area contributed by atoms with Crippen LogP contribution >= 0.6 is 23.2 Å². The molecule has 0 bridgehead atoms. The van der Waals surface area contributed by atoms with Crippen LogP contribution in [0.4, 0.5) is 11.4 Å². The van der Waals surface area contributed by atoms with Gasteiger partial charge in [-0.2, -0.15) is 0 Å². The number of nitrogens with zero attached hydrogens (tertiary/aromatic N) is 2. The lowest BCUT2D eigenvalue weighted by Gasteiger charge is -2.29. The molecule has 3 rings (SSSR count). The number of benzene rings is 2. The molecular weight excluding hydrogens is 463 g/mol. The normalized spacial score (nSPS) is 17.9. The lowest BCUT2D eigenvalue weighted by molar-refractivity contribution is -0.384. The van der Waals surface area contributed by atoms with Gasteiger partial charge in [-0.1, -0.05) is 23.2 Å². The Kier molecular flexibility index (Phi) is 7.26. The Hall–Kier alpha value is -3.24. The van der Waals surface area contributed by atoms with Gasteiger partial charge in [-0.15, -0.1) is 0 Å². The van der Waals surface area contributed by atoms with Crippen molar-refractivity contribution in [2.45, 2.75) is 37.8 Å². The maximum Gasteiger partial charge on any atom is 0.287 e. The van der Waals surface area contributed by atoms with Crippen molar-refractivity contribution in [2.75, 3.05) is 0 Å². The largest absolute Gasteiger partial charge is 0.349 e. The lowest BCUT2D eigenvalue weighted by atomic mass is 9.90. The van der Waals surface area contributed by atoms with Crippen LogP contribution in [0.25, 0.3) is 0 Å². The standard InChI is InChI=1S/C20H18Cl2N4O6/c21-15-9-11(1-7-17(15)25(29)30)19(27)23-13-3-5-14(6-4-13)24-20(28)12-2-8-18(26(31)32)16(22)10-12/h1-2,7-10,13-14H,3-6H2,(H,23,27)(H,24,28). The first-order chi connectivity index (χ1) is 15.2. The number of carbonyl (C=O) groups excluding carboxylic acids is 2. The predicted molar refractivity (Wildman–Crippen MR) is 117 cm³/mol. The molecule has 2 amide bonds. The van der Waals surface area contributed by atoms with Crippen LogP contribution in [0.5, 0.6) is 0 Å². The van der Waals surface area contributed by atoms with Crippen molar-refractivity contribution < 1.29 is 19.4 Å². The van der Waals surface area contributed by atoms with E-state index in [0.29, 0.717) is 25.7 Å². The summed E-state index contributed by atoms with van der Waals surface area (Å²) >= 11 is 11.7. The van der Waals surface area contributed by atoms with Crippen molar-refractivity contribution in [1.82, 2.24) is 10.6 Å². The summed E-state index contributed by atoms with van der Waals surface area (Å²) in [5.74, 6) is -0.760. The molecule has 1 aliphatic carbocycles. The molecule has 0 aromatic heterocycles. The fraction of sp³-hybridized carbons (Fsp3) is 0.300. The third-order valence-electron chi connectivity index (χ3n) is 5.21. The Bertz CT molecular complexity index is 1000. The van der Waals surface area contributed by atoms with E-state index in [1.165, 1.54) is 36.4 Å². The number of rotatable bonds is 6. The van der Waals surface area contributed by atoms with Gasteiger partial charge in [0, 0.05) is 35.3 Å². The highest BCUT2D eigenvalue weighted by molar-refractivity contribution is 6.33. The van der Waals surface area contributed by atoms with Gasteiger partial charge in [0.05, 0.1) is 9.85 Å². The number of amides is 2. The molecule has 10 nitrogen and oxygen atoms in total. The van der Waals surface area contributed by atoms with Crippen LogP contribution in [0.2, 0.25) is 10.0 Å². The van der Waals surface area contributed by atoms with Gasteiger partial charge in [-0.05, 0) is 49.9 Å². The number of nitrogens with one attached hydrogen (secondary N) is 2. The summed E-state index contributed by atoms with van der Waals surface area (Å²) in [5, 5.41) is 27.2. The summed E-state index contributed by atoms with van der Waals surface area (Å²) in [6, 6.07) is 7.37. The van der Waals surface area contributed by atoms with E-state index in [2.05, 4.69) is 10.6 Å². The van der Waals surface area contributed by atoms with Gasteiger partial charge in [0.2, 0.25) is 0 Å². The molecule has 32 heavy (non-hydrogen) atoms. The van der Waals surface area contributed by atoms with Gasteiger partial charge in [-0.3, -0.25) is 29.8 Å². The van der Waals surface area contributed by atoms with E-state index in [9.17, 15) is 29.8 Å². The molecule has 168 valence electrons. The van der Waals surface area contributed by atoms with E-state index < -0.39 is 9.85 Å². The summed E-state index contributed by atoms with van der Waals surface area (Å²) in [5.41, 5.74) is -0.0836. The monoisotopic (exact) mass is 480 g/mol. The molecule has 0 heterocycles. The van der Waals surface area contributed by atoms with E-state index in [4.69, 9.17) is 23.2 Å². The molecule has 2 N–H and O–H groups in total. The number of halogens is 2. The third kappa shape index (κ3) is 5.51. The Balaban J connectivity index is 1.52. The zero-order valence-electron chi connectivity index (χ0n) is 16.5. The molecule has 0 saturated heterocycles. The molecule has 0 spiro atoms. The van der Waals surface area contributed by atoms with Crippen molar-refractivity contribution in [3.63, 3.8) is 0 Å². The molecule has 0 atom stereocenters. The third-order valence-corrected chi connectivity index (χ3v) is 5.82. The molecule has 12 heteroatoms. The predicted octanol–water partition coefficient (Wildman–Crippen LogP) is 4.28. The fourth-order valence-electron chi connectivity index (χ4n) is 3.51. The van der Waals surface area contributed by atoms with E-state index in [1.807, 2.05) is 0 Å². The van der Waals surface area contributed by atoms with Gasteiger partial charge in [-0.25, -0.2) is 0 Å². The number of nitro groups is 2. The van der Waals surface area contributed by atoms with E-state index in [-0.39, 0.29) is 56.4 Å². The molecular formula is C20H18Cl2N4O6. The smallest absolute Gasteiger partial charge is 0.287 e. The minimum absolute atomic E-state index is 0.111. The van der Waals surface area contributed by atoms with Gasteiger partial charge < -0.3 is 10.6 Å². The SMILES string of the molecule is O=C(NC1CCC(NC(=O)c2ccc([N+](=O)[O-])c(Cl)c2)CC1)c1ccc([N+](=O)[O-])c(Cl)c1. The summed E-state index contributed by atoms with van der Waals surface area (Å²) in [4.78, 5) is 45.3. The average molecular weight is 481 g/mol. The first-order valence-electron chi connectivity index (χ1n) is 9.65. The van der Waals surface area contributed by atoms with Crippen molar-refractivity contribution in [2.24, 2.45) is 0 Å². The highest BCUT2D eigenvalue weighted by atomic mass is 35.5. The lowest BCUT2D eigenvalue weighted by Crippen LogP contribution is -2.43. The zero-order chi connectivity index (χ0) is 23.4. The Morgan fingerprint density at radius 2 is 1.09 bits per heavy atom. The topological polar surface area (TPSA) is 144 Å². The van der Waals surface area contributed by atoms with Crippen LogP contribution in [-0.2, 0) is 0 Å². The molecule has 1 saturated carbocycles. The maximum absolute atomic E-state index is 12.4. The zero-order valence-corrected chi connectivity index (χ0v) is 18.1. The van der Waals surface area contributed by atoms with Gasteiger partial charge in [0.1, 0.15) is 10.0 Å². The Morgan fingerprint density at radius 1 is 0.750 bits per heavy atom. The quantitative estimate of drug-likeness (QED) is 0.466. The molecule has 2 aromatic rings. The second-order valence-corrected chi connectivity index (χ2v) is 8.16. The maximum atomic E-state index is 12.4. The van der Waals surface area contributed by atoms with Crippen LogP contribution in [0.3, 0.4) is 0 Å².